The number of aryl methyl sites for hydroxylation is 1. The zero-order chi connectivity index (χ0) is 21.5. The molecule has 31 heavy (non-hydrogen) atoms. The third-order valence-electron chi connectivity index (χ3n) is 6.06. The van der Waals surface area contributed by atoms with E-state index in [2.05, 4.69) is 17.0 Å². The molecule has 0 radical (unpaired) electrons. The van der Waals surface area contributed by atoms with Gasteiger partial charge in [0.25, 0.3) is 5.91 Å². The van der Waals surface area contributed by atoms with Crippen molar-refractivity contribution in [3.63, 3.8) is 0 Å². The maximum Gasteiger partial charge on any atom is 0.269 e. The Morgan fingerprint density at radius 2 is 1.84 bits per heavy atom. The lowest BCUT2D eigenvalue weighted by molar-refractivity contribution is -0.124. The third kappa shape index (κ3) is 3.90. The van der Waals surface area contributed by atoms with Gasteiger partial charge in [-0.1, -0.05) is 60.8 Å². The van der Waals surface area contributed by atoms with Crippen molar-refractivity contribution in [2.75, 3.05) is 11.9 Å². The van der Waals surface area contributed by atoms with Crippen molar-refractivity contribution in [3.05, 3.63) is 63.0 Å². The minimum atomic E-state index is 0.0796. The van der Waals surface area contributed by atoms with Crippen LogP contribution in [0.15, 0.2) is 62.3 Å². The van der Waals surface area contributed by atoms with Crippen molar-refractivity contribution in [2.45, 2.75) is 50.0 Å². The number of anilines is 1. The predicted molar refractivity (Wildman–Crippen MR) is 132 cm³/mol. The Morgan fingerprint density at radius 3 is 2.58 bits per heavy atom. The zero-order valence-electron chi connectivity index (χ0n) is 17.6. The number of thioether (sulfide) groups is 2. The number of fused-ring (bicyclic) bond motifs is 1. The first-order valence-corrected chi connectivity index (χ1v) is 12.6. The maximum absolute atomic E-state index is 13.7. The average molecular weight is 470 g/mol. The smallest absolute Gasteiger partial charge is 0.269 e. The fourth-order valence-corrected chi connectivity index (χ4v) is 6.89. The van der Waals surface area contributed by atoms with Gasteiger partial charge in [-0.15, -0.1) is 0 Å². The Morgan fingerprint density at radius 1 is 1.06 bits per heavy atom. The van der Waals surface area contributed by atoms with E-state index < -0.39 is 0 Å². The van der Waals surface area contributed by atoms with Crippen LogP contribution in [0.25, 0.3) is 0 Å². The number of aliphatic imine (C=N–C) groups is 1. The molecule has 0 bridgehead atoms. The largest absolute Gasteiger partial charge is 0.337 e. The summed E-state index contributed by atoms with van der Waals surface area (Å²) in [6.45, 7) is 1.98. The standard InChI is InChI=1S/C24H24ClN3OS2/c1-15-12-13-16(14-18(15)25)26-24-28(17-8-4-3-5-9-17)22(29)21(31-24)23-27(2)19-10-6-7-11-20(19)30-23/h6-7,10-14,17H,3-5,8-9H2,1-2H3. The molecule has 2 aromatic rings. The number of amidine groups is 1. The minimum Gasteiger partial charge on any atom is -0.337 e. The van der Waals surface area contributed by atoms with E-state index in [1.165, 1.54) is 23.1 Å². The van der Waals surface area contributed by atoms with Crippen LogP contribution < -0.4 is 4.90 Å². The molecule has 0 atom stereocenters. The van der Waals surface area contributed by atoms with Crippen LogP contribution in [0.4, 0.5) is 11.4 Å². The number of halogens is 1. The number of hydrogen-bond acceptors (Lipinski definition) is 5. The first-order valence-electron chi connectivity index (χ1n) is 10.6. The van der Waals surface area contributed by atoms with E-state index in [-0.39, 0.29) is 11.9 Å². The van der Waals surface area contributed by atoms with Gasteiger partial charge in [-0.25, -0.2) is 4.99 Å². The maximum atomic E-state index is 13.7. The van der Waals surface area contributed by atoms with Crippen LogP contribution in [-0.2, 0) is 4.79 Å². The summed E-state index contributed by atoms with van der Waals surface area (Å²) in [5, 5.41) is 2.45. The monoisotopic (exact) mass is 469 g/mol. The molecule has 4 nitrogen and oxygen atoms in total. The molecule has 2 aliphatic heterocycles. The lowest BCUT2D eigenvalue weighted by atomic mass is 9.94. The highest BCUT2D eigenvalue weighted by Gasteiger charge is 2.42. The van der Waals surface area contributed by atoms with Crippen LogP contribution in [0.3, 0.4) is 0 Å². The Bertz CT molecular complexity index is 1110. The molecule has 2 fully saturated rings. The molecule has 2 aromatic carbocycles. The molecule has 3 aliphatic rings. The van der Waals surface area contributed by atoms with E-state index in [1.807, 2.05) is 49.2 Å². The molecule has 0 spiro atoms. The van der Waals surface area contributed by atoms with E-state index in [0.29, 0.717) is 5.02 Å². The van der Waals surface area contributed by atoms with Crippen molar-refractivity contribution in [1.29, 1.82) is 0 Å². The average Bonchev–Trinajstić information content (AvgIpc) is 3.28. The molecule has 7 heteroatoms. The SMILES string of the molecule is Cc1ccc(N=C2SC(=C3Sc4ccccc4N3C)C(=O)N2C2CCCCC2)cc1Cl. The highest BCUT2D eigenvalue weighted by Crippen LogP contribution is 2.50. The van der Waals surface area contributed by atoms with Crippen LogP contribution in [0, 0.1) is 6.92 Å². The van der Waals surface area contributed by atoms with E-state index in [1.54, 1.807) is 11.8 Å². The first kappa shape index (κ1) is 21.0. The molecule has 2 heterocycles. The summed E-state index contributed by atoms with van der Waals surface area (Å²) in [5.74, 6) is 0.0796. The summed E-state index contributed by atoms with van der Waals surface area (Å²) in [6.07, 6.45) is 5.63. The second-order valence-electron chi connectivity index (χ2n) is 8.16. The van der Waals surface area contributed by atoms with Crippen molar-refractivity contribution < 1.29 is 4.79 Å². The van der Waals surface area contributed by atoms with Crippen LogP contribution in [0.2, 0.25) is 5.02 Å². The molecule has 5 rings (SSSR count). The lowest BCUT2D eigenvalue weighted by Gasteiger charge is -2.30. The number of carbonyl (C=O) groups is 1. The summed E-state index contributed by atoms with van der Waals surface area (Å²) < 4.78 is 0. The highest BCUT2D eigenvalue weighted by atomic mass is 35.5. The van der Waals surface area contributed by atoms with Gasteiger partial charge in [0.15, 0.2) is 5.17 Å². The lowest BCUT2D eigenvalue weighted by Crippen LogP contribution is -2.40. The predicted octanol–water partition coefficient (Wildman–Crippen LogP) is 6.96. The second kappa shape index (κ2) is 8.57. The summed E-state index contributed by atoms with van der Waals surface area (Å²) in [6, 6.07) is 14.3. The molecule has 1 aliphatic carbocycles. The summed E-state index contributed by atoms with van der Waals surface area (Å²) in [4.78, 5) is 24.6. The second-order valence-corrected chi connectivity index (χ2v) is 10.6. The Hall–Kier alpha value is -1.89. The van der Waals surface area contributed by atoms with E-state index in [0.717, 1.165) is 57.7 Å². The molecule has 0 N–H and O–H groups in total. The normalized spacial score (nSPS) is 23.2. The van der Waals surface area contributed by atoms with E-state index >= 15 is 0 Å². The van der Waals surface area contributed by atoms with Gasteiger partial charge in [-0.3, -0.25) is 9.69 Å². The van der Waals surface area contributed by atoms with Gasteiger partial charge in [0.1, 0.15) is 4.91 Å². The molecule has 1 saturated carbocycles. The summed E-state index contributed by atoms with van der Waals surface area (Å²) in [7, 11) is 2.04. The summed E-state index contributed by atoms with van der Waals surface area (Å²) >= 11 is 9.51. The van der Waals surface area contributed by atoms with Gasteiger partial charge in [0, 0.05) is 23.0 Å². The number of hydrogen-bond donors (Lipinski definition) is 0. The fourth-order valence-electron chi connectivity index (χ4n) is 4.32. The van der Waals surface area contributed by atoms with Crippen molar-refractivity contribution in [1.82, 2.24) is 4.90 Å². The van der Waals surface area contributed by atoms with Gasteiger partial charge in [0.2, 0.25) is 0 Å². The van der Waals surface area contributed by atoms with Crippen molar-refractivity contribution in [2.24, 2.45) is 4.99 Å². The summed E-state index contributed by atoms with van der Waals surface area (Å²) in [5.41, 5.74) is 2.95. The molecule has 1 saturated heterocycles. The van der Waals surface area contributed by atoms with Gasteiger partial charge in [0.05, 0.1) is 16.4 Å². The van der Waals surface area contributed by atoms with Crippen LogP contribution in [0.5, 0.6) is 0 Å². The van der Waals surface area contributed by atoms with Gasteiger partial charge in [-0.2, -0.15) is 0 Å². The molecule has 1 amide bonds. The number of nitrogens with zero attached hydrogens (tertiary/aromatic N) is 3. The van der Waals surface area contributed by atoms with E-state index in [9.17, 15) is 4.79 Å². The van der Waals surface area contributed by atoms with Gasteiger partial charge in [-0.05, 0) is 61.4 Å². The number of rotatable bonds is 2. The first-order chi connectivity index (χ1) is 15.0. The zero-order valence-corrected chi connectivity index (χ0v) is 20.0. The van der Waals surface area contributed by atoms with Gasteiger partial charge < -0.3 is 4.90 Å². The number of carbonyl (C=O) groups excluding carboxylic acids is 1. The Balaban J connectivity index is 1.56. The van der Waals surface area contributed by atoms with E-state index in [4.69, 9.17) is 16.6 Å². The third-order valence-corrected chi connectivity index (χ3v) is 8.88. The van der Waals surface area contributed by atoms with Crippen molar-refractivity contribution in [3.8, 4) is 0 Å². The fraction of sp³-hybridized carbons (Fsp3) is 0.333. The van der Waals surface area contributed by atoms with Crippen LogP contribution >= 0.6 is 35.1 Å². The Labute approximate surface area is 196 Å². The Kier molecular flexibility index (Phi) is 5.80. The minimum absolute atomic E-state index is 0.0796. The van der Waals surface area contributed by atoms with Crippen LogP contribution in [0.1, 0.15) is 37.7 Å². The molecular formula is C24H24ClN3OS2. The van der Waals surface area contributed by atoms with Crippen molar-refractivity contribution >= 4 is 57.6 Å². The van der Waals surface area contributed by atoms with Crippen LogP contribution in [-0.4, -0.2) is 29.1 Å². The molecule has 0 aromatic heterocycles. The highest BCUT2D eigenvalue weighted by molar-refractivity contribution is 8.19. The van der Waals surface area contributed by atoms with Gasteiger partial charge >= 0.3 is 0 Å². The molecular weight excluding hydrogens is 446 g/mol. The topological polar surface area (TPSA) is 35.9 Å². The molecule has 0 unspecified atom stereocenters. The number of benzene rings is 2. The molecule has 160 valence electrons. The number of amides is 1. The number of para-hydroxylation sites is 1. The quantitative estimate of drug-likeness (QED) is 0.445.